The lowest BCUT2D eigenvalue weighted by Gasteiger charge is -2.26. The lowest BCUT2D eigenvalue weighted by Crippen LogP contribution is -2.41. The van der Waals surface area contributed by atoms with Crippen LogP contribution in [0.5, 0.6) is 11.5 Å². The van der Waals surface area contributed by atoms with Crippen molar-refractivity contribution < 1.29 is 9.47 Å². The van der Waals surface area contributed by atoms with Crippen LogP contribution in [0.1, 0.15) is 44.6 Å². The lowest BCUT2D eigenvalue weighted by molar-refractivity contribution is 0.309. The molecular weight excluding hydrogens is 441 g/mol. The maximum atomic E-state index is 5.39. The third-order valence-corrected chi connectivity index (χ3v) is 5.60. The molecule has 0 amide bonds. The number of methoxy groups -OCH3 is 2. The minimum absolute atomic E-state index is 0. The summed E-state index contributed by atoms with van der Waals surface area (Å²) in [7, 11) is 3.32. The van der Waals surface area contributed by atoms with Crippen LogP contribution in [0, 0.1) is 5.41 Å². The first-order chi connectivity index (χ1) is 12.2. The van der Waals surface area contributed by atoms with Gasteiger partial charge in [-0.25, -0.2) is 4.99 Å². The first-order valence-electron chi connectivity index (χ1n) is 9.44. The molecule has 1 spiro atoms. The molecular formula is C20H32IN3O2. The van der Waals surface area contributed by atoms with Crippen molar-refractivity contribution >= 4 is 29.9 Å². The smallest absolute Gasteiger partial charge is 0.194 e. The molecule has 0 aromatic heterocycles. The average molecular weight is 473 g/mol. The summed E-state index contributed by atoms with van der Waals surface area (Å²) in [6.07, 6.45) is 6.88. The summed E-state index contributed by atoms with van der Waals surface area (Å²) in [4.78, 5) is 7.34. The fourth-order valence-electron chi connectivity index (χ4n) is 4.22. The van der Waals surface area contributed by atoms with Crippen molar-refractivity contribution in [2.75, 3.05) is 33.9 Å². The van der Waals surface area contributed by atoms with Gasteiger partial charge in [0.25, 0.3) is 0 Å². The van der Waals surface area contributed by atoms with E-state index in [-0.39, 0.29) is 24.0 Å². The van der Waals surface area contributed by atoms with Gasteiger partial charge in [0.05, 0.1) is 20.8 Å². The van der Waals surface area contributed by atoms with Gasteiger partial charge in [-0.3, -0.25) is 0 Å². The highest BCUT2D eigenvalue weighted by Crippen LogP contribution is 2.45. The second-order valence-corrected chi connectivity index (χ2v) is 7.24. The number of rotatable bonds is 5. The SMILES string of the molecule is CCNC(=NCc1ccc(OC)c(OC)c1)N1CCC2(CCCC2)C1.I. The molecule has 1 saturated heterocycles. The average Bonchev–Trinajstić information content (AvgIpc) is 3.28. The predicted octanol–water partition coefficient (Wildman–Crippen LogP) is 4.05. The molecule has 0 bridgehead atoms. The molecule has 1 saturated carbocycles. The Kier molecular flexibility index (Phi) is 7.85. The van der Waals surface area contributed by atoms with Crippen molar-refractivity contribution in [3.05, 3.63) is 23.8 Å². The van der Waals surface area contributed by atoms with Crippen LogP contribution in [0.4, 0.5) is 0 Å². The molecule has 146 valence electrons. The topological polar surface area (TPSA) is 46.1 Å². The zero-order chi connectivity index (χ0) is 17.7. The van der Waals surface area contributed by atoms with E-state index >= 15 is 0 Å². The Morgan fingerprint density at radius 2 is 1.88 bits per heavy atom. The maximum absolute atomic E-state index is 5.39. The van der Waals surface area contributed by atoms with Gasteiger partial charge < -0.3 is 19.7 Å². The molecule has 1 aliphatic carbocycles. The van der Waals surface area contributed by atoms with E-state index in [0.29, 0.717) is 12.0 Å². The molecule has 26 heavy (non-hydrogen) atoms. The lowest BCUT2D eigenvalue weighted by atomic mass is 9.86. The summed E-state index contributed by atoms with van der Waals surface area (Å²) in [5.41, 5.74) is 1.68. The molecule has 0 unspecified atom stereocenters. The molecule has 1 aromatic carbocycles. The standard InChI is InChI=1S/C20H31N3O2.HI/c1-4-21-19(23-12-11-20(15-23)9-5-6-10-20)22-14-16-7-8-17(24-2)18(13-16)25-3;/h7-8,13H,4-6,9-12,14-15H2,1-3H3,(H,21,22);1H. The number of halogens is 1. The quantitative estimate of drug-likeness (QED) is 0.398. The number of benzene rings is 1. The van der Waals surface area contributed by atoms with Gasteiger partial charge >= 0.3 is 0 Å². The largest absolute Gasteiger partial charge is 0.493 e. The summed E-state index contributed by atoms with van der Waals surface area (Å²) >= 11 is 0. The zero-order valence-electron chi connectivity index (χ0n) is 16.2. The Morgan fingerprint density at radius 1 is 1.15 bits per heavy atom. The summed E-state index contributed by atoms with van der Waals surface area (Å²) in [5.74, 6) is 2.55. The van der Waals surface area contributed by atoms with E-state index in [4.69, 9.17) is 14.5 Å². The van der Waals surface area contributed by atoms with Crippen LogP contribution in [0.2, 0.25) is 0 Å². The van der Waals surface area contributed by atoms with Crippen LogP contribution >= 0.6 is 24.0 Å². The highest BCUT2D eigenvalue weighted by atomic mass is 127. The van der Waals surface area contributed by atoms with E-state index in [9.17, 15) is 0 Å². The molecule has 1 aromatic rings. The van der Waals surface area contributed by atoms with Crippen molar-refractivity contribution in [2.24, 2.45) is 10.4 Å². The molecule has 0 radical (unpaired) electrons. The van der Waals surface area contributed by atoms with E-state index < -0.39 is 0 Å². The molecule has 1 heterocycles. The van der Waals surface area contributed by atoms with Crippen molar-refractivity contribution in [1.82, 2.24) is 10.2 Å². The molecule has 5 nitrogen and oxygen atoms in total. The zero-order valence-corrected chi connectivity index (χ0v) is 18.5. The highest BCUT2D eigenvalue weighted by molar-refractivity contribution is 14.0. The first kappa shape index (κ1) is 21.1. The van der Waals surface area contributed by atoms with Gasteiger partial charge in [0.2, 0.25) is 0 Å². The Labute approximate surface area is 174 Å². The number of likely N-dealkylation sites (tertiary alicyclic amines) is 1. The summed E-state index contributed by atoms with van der Waals surface area (Å²) in [6.45, 7) is 5.95. The molecule has 3 rings (SSSR count). The van der Waals surface area contributed by atoms with E-state index in [1.807, 2.05) is 12.1 Å². The van der Waals surface area contributed by atoms with Crippen molar-refractivity contribution in [1.29, 1.82) is 0 Å². The van der Waals surface area contributed by atoms with Crippen LogP contribution in [0.3, 0.4) is 0 Å². The predicted molar refractivity (Wildman–Crippen MR) is 117 cm³/mol. The van der Waals surface area contributed by atoms with E-state index in [2.05, 4.69) is 23.2 Å². The third-order valence-electron chi connectivity index (χ3n) is 5.60. The minimum atomic E-state index is 0. The number of nitrogens with one attached hydrogen (secondary N) is 1. The summed E-state index contributed by atoms with van der Waals surface area (Å²) in [6, 6.07) is 6.01. The van der Waals surface area contributed by atoms with Gasteiger partial charge in [-0.2, -0.15) is 0 Å². The van der Waals surface area contributed by atoms with E-state index in [1.54, 1.807) is 14.2 Å². The van der Waals surface area contributed by atoms with Crippen molar-refractivity contribution in [2.45, 2.75) is 45.6 Å². The minimum Gasteiger partial charge on any atom is -0.493 e. The maximum Gasteiger partial charge on any atom is 0.194 e. The first-order valence-corrected chi connectivity index (χ1v) is 9.44. The Balaban J connectivity index is 0.00000243. The van der Waals surface area contributed by atoms with Crippen LogP contribution in [0.25, 0.3) is 0 Å². The third kappa shape index (κ3) is 4.75. The van der Waals surface area contributed by atoms with Crippen LogP contribution in [0.15, 0.2) is 23.2 Å². The number of hydrogen-bond acceptors (Lipinski definition) is 3. The van der Waals surface area contributed by atoms with E-state index in [1.165, 1.54) is 32.1 Å². The number of aliphatic imine (C=N–C) groups is 1. The van der Waals surface area contributed by atoms with Gasteiger partial charge in [0, 0.05) is 19.6 Å². The molecule has 0 atom stereocenters. The van der Waals surface area contributed by atoms with Crippen molar-refractivity contribution in [3.8, 4) is 11.5 Å². The van der Waals surface area contributed by atoms with Gasteiger partial charge in [0.15, 0.2) is 17.5 Å². The van der Waals surface area contributed by atoms with Crippen LogP contribution in [-0.4, -0.2) is 44.7 Å². The summed E-state index contributed by atoms with van der Waals surface area (Å²) < 4.78 is 10.7. The molecule has 6 heteroatoms. The van der Waals surface area contributed by atoms with Gasteiger partial charge in [-0.15, -0.1) is 24.0 Å². The molecule has 2 aliphatic rings. The molecule has 1 N–H and O–H groups in total. The normalized spacial score (nSPS) is 18.7. The van der Waals surface area contributed by atoms with E-state index in [0.717, 1.165) is 42.7 Å². The fraction of sp³-hybridized carbons (Fsp3) is 0.650. The fourth-order valence-corrected chi connectivity index (χ4v) is 4.22. The van der Waals surface area contributed by atoms with Crippen molar-refractivity contribution in [3.63, 3.8) is 0 Å². The Bertz CT molecular complexity index is 615. The molecule has 2 fully saturated rings. The summed E-state index contributed by atoms with van der Waals surface area (Å²) in [5, 5.41) is 3.47. The molecule has 1 aliphatic heterocycles. The van der Waals surface area contributed by atoms with Gasteiger partial charge in [-0.05, 0) is 49.3 Å². The van der Waals surface area contributed by atoms with Gasteiger partial charge in [0.1, 0.15) is 0 Å². The highest BCUT2D eigenvalue weighted by Gasteiger charge is 2.41. The number of guanidine groups is 1. The van der Waals surface area contributed by atoms with Crippen LogP contribution in [-0.2, 0) is 6.54 Å². The van der Waals surface area contributed by atoms with Gasteiger partial charge in [-0.1, -0.05) is 18.9 Å². The Hall–Kier alpha value is -1.18. The number of ether oxygens (including phenoxy) is 2. The Morgan fingerprint density at radius 3 is 2.54 bits per heavy atom. The second-order valence-electron chi connectivity index (χ2n) is 7.24. The number of hydrogen-bond donors (Lipinski definition) is 1. The monoisotopic (exact) mass is 473 g/mol. The number of nitrogens with zero attached hydrogens (tertiary/aromatic N) is 2. The van der Waals surface area contributed by atoms with Crippen LogP contribution < -0.4 is 14.8 Å². The second kappa shape index (κ2) is 9.67.